The quantitative estimate of drug-likeness (QED) is 0.453. The molecular weight excluding hydrogens is 259 g/mol. The van der Waals surface area contributed by atoms with Crippen molar-refractivity contribution in [2.75, 3.05) is 7.11 Å². The van der Waals surface area contributed by atoms with Crippen molar-refractivity contribution in [3.63, 3.8) is 0 Å². The maximum absolute atomic E-state index is 13.4. The van der Waals surface area contributed by atoms with E-state index in [0.717, 1.165) is 6.07 Å². The van der Waals surface area contributed by atoms with Crippen molar-refractivity contribution in [1.82, 2.24) is 0 Å². The van der Waals surface area contributed by atoms with Gasteiger partial charge in [-0.25, -0.2) is 4.39 Å². The van der Waals surface area contributed by atoms with E-state index in [4.69, 9.17) is 11.6 Å². The zero-order valence-corrected chi connectivity index (χ0v) is 10.8. The van der Waals surface area contributed by atoms with Crippen molar-refractivity contribution in [3.8, 4) is 0 Å². The molecule has 0 N–H and O–H groups in total. The molecule has 98 valence electrons. The number of ketones is 1. The second kappa shape index (κ2) is 7.11. The fourth-order valence-corrected chi connectivity index (χ4v) is 1.67. The van der Waals surface area contributed by atoms with Crippen molar-refractivity contribution in [2.45, 2.75) is 25.7 Å². The molecule has 1 aromatic rings. The van der Waals surface area contributed by atoms with Crippen LogP contribution in [0.25, 0.3) is 0 Å². The van der Waals surface area contributed by atoms with Crippen LogP contribution in [0.15, 0.2) is 18.2 Å². The molecule has 0 bridgehead atoms. The lowest BCUT2D eigenvalue weighted by Gasteiger charge is -2.03. The topological polar surface area (TPSA) is 43.4 Å². The molecule has 3 nitrogen and oxygen atoms in total. The van der Waals surface area contributed by atoms with E-state index < -0.39 is 5.82 Å². The molecule has 0 aliphatic heterocycles. The van der Waals surface area contributed by atoms with Crippen molar-refractivity contribution in [3.05, 3.63) is 34.6 Å². The van der Waals surface area contributed by atoms with Crippen LogP contribution in [0.1, 0.15) is 36.0 Å². The van der Waals surface area contributed by atoms with E-state index in [1.165, 1.54) is 19.2 Å². The lowest BCUT2D eigenvalue weighted by Crippen LogP contribution is -2.04. The van der Waals surface area contributed by atoms with Gasteiger partial charge in [-0.3, -0.25) is 9.59 Å². The van der Waals surface area contributed by atoms with Crippen LogP contribution < -0.4 is 0 Å². The molecule has 0 fully saturated rings. The molecule has 18 heavy (non-hydrogen) atoms. The van der Waals surface area contributed by atoms with E-state index in [1.54, 1.807) is 0 Å². The summed E-state index contributed by atoms with van der Waals surface area (Å²) in [7, 11) is 1.32. The van der Waals surface area contributed by atoms with Gasteiger partial charge in [-0.1, -0.05) is 11.6 Å². The fraction of sp³-hybridized carbons (Fsp3) is 0.385. The first-order chi connectivity index (χ1) is 8.54. The van der Waals surface area contributed by atoms with E-state index in [2.05, 4.69) is 4.74 Å². The second-order valence-corrected chi connectivity index (χ2v) is 4.27. The summed E-state index contributed by atoms with van der Waals surface area (Å²) in [5.41, 5.74) is 0.0393. The van der Waals surface area contributed by atoms with Crippen molar-refractivity contribution in [2.24, 2.45) is 0 Å². The Morgan fingerprint density at radius 2 is 1.94 bits per heavy atom. The number of hydrogen-bond acceptors (Lipinski definition) is 3. The SMILES string of the molecule is COC(=O)CCCCC(=O)c1ccc(Cl)cc1F. The average Bonchev–Trinajstić information content (AvgIpc) is 2.34. The van der Waals surface area contributed by atoms with Crippen molar-refractivity contribution >= 4 is 23.4 Å². The highest BCUT2D eigenvalue weighted by atomic mass is 35.5. The molecule has 1 aromatic carbocycles. The van der Waals surface area contributed by atoms with Gasteiger partial charge in [0.1, 0.15) is 5.82 Å². The molecule has 0 saturated heterocycles. The average molecular weight is 273 g/mol. The van der Waals surface area contributed by atoms with E-state index in [-0.39, 0.29) is 35.2 Å². The smallest absolute Gasteiger partial charge is 0.305 e. The molecule has 0 aliphatic rings. The van der Waals surface area contributed by atoms with Gasteiger partial charge in [-0.15, -0.1) is 0 Å². The summed E-state index contributed by atoms with van der Waals surface area (Å²) >= 11 is 5.60. The van der Waals surface area contributed by atoms with Crippen LogP contribution in [0.3, 0.4) is 0 Å². The molecule has 0 aliphatic carbocycles. The maximum atomic E-state index is 13.4. The summed E-state index contributed by atoms with van der Waals surface area (Å²) in [6.07, 6.45) is 1.55. The number of esters is 1. The first-order valence-electron chi connectivity index (χ1n) is 5.59. The Labute approximate surface area is 110 Å². The van der Waals surface area contributed by atoms with Crippen molar-refractivity contribution in [1.29, 1.82) is 0 Å². The standard InChI is InChI=1S/C13H14ClFO3/c1-18-13(17)5-3-2-4-12(16)10-7-6-9(14)8-11(10)15/h6-8H,2-5H2,1H3. The molecule has 0 amide bonds. The fourth-order valence-electron chi connectivity index (χ4n) is 1.51. The van der Waals surface area contributed by atoms with Crippen LogP contribution in [0.5, 0.6) is 0 Å². The van der Waals surface area contributed by atoms with Gasteiger partial charge in [0.25, 0.3) is 0 Å². The van der Waals surface area contributed by atoms with Gasteiger partial charge in [0.15, 0.2) is 5.78 Å². The Bertz CT molecular complexity index is 446. The summed E-state index contributed by atoms with van der Waals surface area (Å²) in [6.45, 7) is 0. The Kier molecular flexibility index (Phi) is 5.78. The third kappa shape index (κ3) is 4.45. The second-order valence-electron chi connectivity index (χ2n) is 3.83. The predicted octanol–water partition coefficient (Wildman–Crippen LogP) is 3.40. The molecule has 5 heteroatoms. The number of ether oxygens (including phenoxy) is 1. The number of benzene rings is 1. The molecule has 0 atom stereocenters. The minimum absolute atomic E-state index is 0.0393. The third-order valence-corrected chi connectivity index (χ3v) is 2.73. The Hall–Kier alpha value is -1.42. The highest BCUT2D eigenvalue weighted by molar-refractivity contribution is 6.30. The predicted molar refractivity (Wildman–Crippen MR) is 66.2 cm³/mol. The first-order valence-corrected chi connectivity index (χ1v) is 5.97. The normalized spacial score (nSPS) is 10.2. The van der Waals surface area contributed by atoms with Gasteiger partial charge in [0, 0.05) is 17.9 Å². The minimum atomic E-state index is -0.611. The molecular formula is C13H14ClFO3. The summed E-state index contributed by atoms with van der Waals surface area (Å²) in [4.78, 5) is 22.5. The first kappa shape index (κ1) is 14.6. The van der Waals surface area contributed by atoms with Gasteiger partial charge < -0.3 is 4.74 Å². The van der Waals surface area contributed by atoms with Crippen LogP contribution in [0.2, 0.25) is 5.02 Å². The highest BCUT2D eigenvalue weighted by Gasteiger charge is 2.12. The molecule has 0 heterocycles. The van der Waals surface area contributed by atoms with Gasteiger partial charge in [-0.2, -0.15) is 0 Å². The van der Waals surface area contributed by atoms with Crippen LogP contribution in [0, 0.1) is 5.82 Å². The van der Waals surface area contributed by atoms with Gasteiger partial charge >= 0.3 is 5.97 Å². The van der Waals surface area contributed by atoms with Crippen LogP contribution >= 0.6 is 11.6 Å². The van der Waals surface area contributed by atoms with E-state index >= 15 is 0 Å². The molecule has 0 radical (unpaired) electrons. The van der Waals surface area contributed by atoms with Gasteiger partial charge in [0.05, 0.1) is 12.7 Å². The van der Waals surface area contributed by atoms with Crippen LogP contribution in [-0.2, 0) is 9.53 Å². The third-order valence-electron chi connectivity index (χ3n) is 2.49. The molecule has 0 aromatic heterocycles. The molecule has 0 saturated carbocycles. The largest absolute Gasteiger partial charge is 0.469 e. The minimum Gasteiger partial charge on any atom is -0.469 e. The zero-order valence-electron chi connectivity index (χ0n) is 10.0. The lowest BCUT2D eigenvalue weighted by molar-refractivity contribution is -0.140. The zero-order chi connectivity index (χ0) is 13.5. The summed E-state index contributed by atoms with van der Waals surface area (Å²) in [5, 5.41) is 0.259. The molecule has 0 spiro atoms. The summed E-state index contributed by atoms with van der Waals surface area (Å²) < 4.78 is 17.9. The highest BCUT2D eigenvalue weighted by Crippen LogP contribution is 2.17. The summed E-state index contributed by atoms with van der Waals surface area (Å²) in [5.74, 6) is -1.20. The van der Waals surface area contributed by atoms with E-state index in [9.17, 15) is 14.0 Å². The van der Waals surface area contributed by atoms with Crippen LogP contribution in [-0.4, -0.2) is 18.9 Å². The maximum Gasteiger partial charge on any atom is 0.305 e. The number of carbonyl (C=O) groups excluding carboxylic acids is 2. The number of hydrogen-bond donors (Lipinski definition) is 0. The lowest BCUT2D eigenvalue weighted by atomic mass is 10.0. The Morgan fingerprint density at radius 3 is 2.56 bits per heavy atom. The number of Topliss-reactive ketones (excluding diaryl/α,β-unsaturated/α-hetero) is 1. The number of carbonyl (C=O) groups is 2. The van der Waals surface area contributed by atoms with Gasteiger partial charge in [0.2, 0.25) is 0 Å². The molecule has 1 rings (SSSR count). The molecule has 0 unspecified atom stereocenters. The number of halogens is 2. The number of unbranched alkanes of at least 4 members (excludes halogenated alkanes) is 1. The van der Waals surface area contributed by atoms with E-state index in [0.29, 0.717) is 12.8 Å². The number of methoxy groups -OCH3 is 1. The summed E-state index contributed by atoms with van der Waals surface area (Å²) in [6, 6.07) is 3.97. The Morgan fingerprint density at radius 1 is 1.28 bits per heavy atom. The van der Waals surface area contributed by atoms with Gasteiger partial charge in [-0.05, 0) is 31.0 Å². The van der Waals surface area contributed by atoms with Crippen molar-refractivity contribution < 1.29 is 18.7 Å². The monoisotopic (exact) mass is 272 g/mol. The van der Waals surface area contributed by atoms with Crippen LogP contribution in [0.4, 0.5) is 4.39 Å². The number of rotatable bonds is 6. The van der Waals surface area contributed by atoms with E-state index in [1.807, 2.05) is 0 Å². The Balaban J connectivity index is 2.43.